The Morgan fingerprint density at radius 1 is 1.10 bits per heavy atom. The normalized spacial score (nSPS) is 9.75. The van der Waals surface area contributed by atoms with Crippen LogP contribution in [0, 0.1) is 25.7 Å². The first kappa shape index (κ1) is 14.2. The molecular weight excluding hydrogens is 248 g/mol. The fourth-order valence-corrected chi connectivity index (χ4v) is 1.94. The summed E-state index contributed by atoms with van der Waals surface area (Å²) in [6.07, 6.45) is 0. The van der Waals surface area contributed by atoms with E-state index in [1.807, 2.05) is 24.3 Å². The van der Waals surface area contributed by atoms with Crippen molar-refractivity contribution in [1.29, 1.82) is 0 Å². The van der Waals surface area contributed by atoms with Crippen molar-refractivity contribution in [2.45, 2.75) is 20.5 Å². The maximum atomic E-state index is 8.78. The van der Waals surface area contributed by atoms with Crippen LogP contribution in [0.25, 0.3) is 0 Å². The highest BCUT2D eigenvalue weighted by molar-refractivity contribution is 5.46. The maximum Gasteiger partial charge on any atom is 0.135 e. The molecule has 2 aromatic carbocycles. The zero-order valence-electron chi connectivity index (χ0n) is 11.8. The number of hydrogen-bond donors (Lipinski definition) is 1. The summed E-state index contributed by atoms with van der Waals surface area (Å²) in [4.78, 5) is 0. The summed E-state index contributed by atoms with van der Waals surface area (Å²) in [5.74, 6) is 6.29. The average molecular weight is 266 g/mol. The number of benzene rings is 2. The fraction of sp³-hybridized carbons (Fsp3) is 0.222. The Kier molecular flexibility index (Phi) is 4.81. The van der Waals surface area contributed by atoms with Gasteiger partial charge in [-0.05, 0) is 37.1 Å². The Morgan fingerprint density at radius 2 is 1.90 bits per heavy atom. The number of rotatable bonds is 3. The lowest BCUT2D eigenvalue weighted by molar-refractivity contribution is 0.304. The van der Waals surface area contributed by atoms with Crippen molar-refractivity contribution in [3.8, 4) is 17.6 Å². The first-order valence-corrected chi connectivity index (χ1v) is 6.58. The molecule has 0 bridgehead atoms. The number of aryl methyl sites for hydroxylation is 2. The number of aliphatic hydroxyl groups is 1. The first-order chi connectivity index (χ1) is 9.70. The summed E-state index contributed by atoms with van der Waals surface area (Å²) >= 11 is 0. The predicted octanol–water partition coefficient (Wildman–Crippen LogP) is 3.23. The van der Waals surface area contributed by atoms with Gasteiger partial charge in [-0.25, -0.2) is 0 Å². The molecule has 0 fully saturated rings. The molecule has 0 spiro atoms. The number of para-hydroxylation sites is 1. The Balaban J connectivity index is 2.17. The quantitative estimate of drug-likeness (QED) is 0.864. The van der Waals surface area contributed by atoms with E-state index in [9.17, 15) is 0 Å². The summed E-state index contributed by atoms with van der Waals surface area (Å²) in [5.41, 5.74) is 4.42. The van der Waals surface area contributed by atoms with Gasteiger partial charge in [0.25, 0.3) is 0 Å². The highest BCUT2D eigenvalue weighted by Gasteiger charge is 2.03. The van der Waals surface area contributed by atoms with E-state index < -0.39 is 0 Å². The topological polar surface area (TPSA) is 29.5 Å². The molecular formula is C18H18O2. The van der Waals surface area contributed by atoms with E-state index in [-0.39, 0.29) is 6.61 Å². The molecule has 0 unspecified atom stereocenters. The third kappa shape index (κ3) is 3.63. The van der Waals surface area contributed by atoms with Crippen molar-refractivity contribution in [2.75, 3.05) is 6.61 Å². The molecule has 0 aliphatic heterocycles. The van der Waals surface area contributed by atoms with Gasteiger partial charge < -0.3 is 9.84 Å². The molecule has 0 saturated heterocycles. The third-order valence-electron chi connectivity index (χ3n) is 3.08. The monoisotopic (exact) mass is 266 g/mol. The lowest BCUT2D eigenvalue weighted by atomic mass is 10.1. The smallest absolute Gasteiger partial charge is 0.135 e. The Hall–Kier alpha value is -2.24. The van der Waals surface area contributed by atoms with E-state index in [0.29, 0.717) is 6.61 Å². The van der Waals surface area contributed by atoms with Crippen LogP contribution in [0.1, 0.15) is 22.3 Å². The second kappa shape index (κ2) is 6.79. The molecule has 2 aromatic rings. The van der Waals surface area contributed by atoms with Crippen molar-refractivity contribution < 1.29 is 9.84 Å². The second-order valence-electron chi connectivity index (χ2n) is 4.67. The minimum absolute atomic E-state index is 0.147. The van der Waals surface area contributed by atoms with E-state index >= 15 is 0 Å². The number of aliphatic hydroxyl groups excluding tert-OH is 1. The molecule has 2 nitrogen and oxygen atoms in total. The standard InChI is InChI=1S/C18H18O2/c1-14-9-10-15(2)17(12-14)13-20-18-8-4-3-6-16(18)7-5-11-19/h3-4,6,8-10,12,19H,11,13H2,1-2H3. The van der Waals surface area contributed by atoms with Crippen LogP contribution >= 0.6 is 0 Å². The van der Waals surface area contributed by atoms with Gasteiger partial charge in [0.1, 0.15) is 19.0 Å². The van der Waals surface area contributed by atoms with Crippen molar-refractivity contribution in [1.82, 2.24) is 0 Å². The second-order valence-corrected chi connectivity index (χ2v) is 4.67. The number of hydrogen-bond acceptors (Lipinski definition) is 2. The van der Waals surface area contributed by atoms with Crippen LogP contribution in [0.5, 0.6) is 5.75 Å². The minimum atomic E-state index is -0.147. The van der Waals surface area contributed by atoms with Crippen molar-refractivity contribution >= 4 is 0 Å². The van der Waals surface area contributed by atoms with Crippen molar-refractivity contribution in [2.24, 2.45) is 0 Å². The van der Waals surface area contributed by atoms with Crippen LogP contribution < -0.4 is 4.74 Å². The molecule has 20 heavy (non-hydrogen) atoms. The fourth-order valence-electron chi connectivity index (χ4n) is 1.94. The molecule has 0 aliphatic carbocycles. The summed E-state index contributed by atoms with van der Waals surface area (Å²) in [6.45, 7) is 4.52. The lowest BCUT2D eigenvalue weighted by Crippen LogP contribution is -1.99. The largest absolute Gasteiger partial charge is 0.488 e. The molecule has 0 saturated carbocycles. The molecule has 102 valence electrons. The molecule has 2 rings (SSSR count). The van der Waals surface area contributed by atoms with E-state index in [4.69, 9.17) is 9.84 Å². The van der Waals surface area contributed by atoms with Gasteiger partial charge in [0, 0.05) is 0 Å². The Labute approximate surface area is 120 Å². The molecule has 1 N–H and O–H groups in total. The van der Waals surface area contributed by atoms with Gasteiger partial charge in [-0.1, -0.05) is 47.7 Å². The highest BCUT2D eigenvalue weighted by Crippen LogP contribution is 2.19. The summed E-state index contributed by atoms with van der Waals surface area (Å²) in [6, 6.07) is 13.9. The van der Waals surface area contributed by atoms with Gasteiger partial charge in [0.15, 0.2) is 0 Å². The average Bonchev–Trinajstić information content (AvgIpc) is 2.47. The van der Waals surface area contributed by atoms with E-state index in [2.05, 4.69) is 43.9 Å². The Morgan fingerprint density at radius 3 is 2.70 bits per heavy atom. The van der Waals surface area contributed by atoms with Crippen LogP contribution in [0.15, 0.2) is 42.5 Å². The first-order valence-electron chi connectivity index (χ1n) is 6.58. The van der Waals surface area contributed by atoms with E-state index in [1.54, 1.807) is 0 Å². The van der Waals surface area contributed by atoms with Gasteiger partial charge in [0.05, 0.1) is 5.56 Å². The maximum absolute atomic E-state index is 8.78. The summed E-state index contributed by atoms with van der Waals surface area (Å²) < 4.78 is 5.87. The molecule has 0 heterocycles. The Bertz CT molecular complexity index is 648. The number of ether oxygens (including phenoxy) is 1. The van der Waals surface area contributed by atoms with Crippen LogP contribution in [0.3, 0.4) is 0 Å². The summed E-state index contributed by atoms with van der Waals surface area (Å²) in [7, 11) is 0. The minimum Gasteiger partial charge on any atom is -0.488 e. The molecule has 0 amide bonds. The van der Waals surface area contributed by atoms with Gasteiger partial charge in [-0.15, -0.1) is 0 Å². The van der Waals surface area contributed by atoms with Gasteiger partial charge in [0.2, 0.25) is 0 Å². The molecule has 0 radical (unpaired) electrons. The van der Waals surface area contributed by atoms with Crippen LogP contribution in [-0.2, 0) is 6.61 Å². The lowest BCUT2D eigenvalue weighted by Gasteiger charge is -2.11. The van der Waals surface area contributed by atoms with E-state index in [1.165, 1.54) is 16.7 Å². The predicted molar refractivity (Wildman–Crippen MR) is 80.7 cm³/mol. The van der Waals surface area contributed by atoms with Gasteiger partial charge in [-0.2, -0.15) is 0 Å². The molecule has 0 aromatic heterocycles. The van der Waals surface area contributed by atoms with Gasteiger partial charge >= 0.3 is 0 Å². The van der Waals surface area contributed by atoms with Gasteiger partial charge in [-0.3, -0.25) is 0 Å². The van der Waals surface area contributed by atoms with Crippen LogP contribution in [-0.4, -0.2) is 11.7 Å². The molecule has 2 heteroatoms. The van der Waals surface area contributed by atoms with Crippen molar-refractivity contribution in [3.63, 3.8) is 0 Å². The zero-order valence-corrected chi connectivity index (χ0v) is 11.8. The van der Waals surface area contributed by atoms with E-state index in [0.717, 1.165) is 11.3 Å². The van der Waals surface area contributed by atoms with Crippen LogP contribution in [0.4, 0.5) is 0 Å². The van der Waals surface area contributed by atoms with Crippen molar-refractivity contribution in [3.05, 3.63) is 64.7 Å². The van der Waals surface area contributed by atoms with Crippen LogP contribution in [0.2, 0.25) is 0 Å². The zero-order chi connectivity index (χ0) is 14.4. The molecule has 0 aliphatic rings. The third-order valence-corrected chi connectivity index (χ3v) is 3.08. The molecule has 0 atom stereocenters. The highest BCUT2D eigenvalue weighted by atomic mass is 16.5. The SMILES string of the molecule is Cc1ccc(C)c(COc2ccccc2C#CCO)c1. The summed E-state index contributed by atoms with van der Waals surface area (Å²) in [5, 5.41) is 8.78.